The number of halogens is 1. The van der Waals surface area contributed by atoms with Gasteiger partial charge in [0.2, 0.25) is 0 Å². The van der Waals surface area contributed by atoms with Crippen LogP contribution in [0, 0.1) is 5.82 Å². The molecule has 0 bridgehead atoms. The lowest BCUT2D eigenvalue weighted by atomic mass is 10.1. The molecule has 5 nitrogen and oxygen atoms in total. The van der Waals surface area contributed by atoms with Crippen LogP contribution in [0.15, 0.2) is 60.8 Å². The first kappa shape index (κ1) is 15.9. The Kier molecular flexibility index (Phi) is 4.67. The van der Waals surface area contributed by atoms with E-state index in [1.54, 1.807) is 12.3 Å². The van der Waals surface area contributed by atoms with Gasteiger partial charge in [0, 0.05) is 18.1 Å². The Hall–Kier alpha value is -2.99. The summed E-state index contributed by atoms with van der Waals surface area (Å²) in [7, 11) is 0. The third kappa shape index (κ3) is 3.67. The Morgan fingerprint density at radius 1 is 1.12 bits per heavy atom. The standard InChI is InChI=1S/C18H16FN3O2/c19-14-8-6-12(7-9-14)16(23)11-21-18(24)22-15-5-1-3-13-4-2-10-20-17(13)15/h1-10,16,23H,11H2,(H2,21,22,24). The predicted molar refractivity (Wildman–Crippen MR) is 90.1 cm³/mol. The van der Waals surface area contributed by atoms with Gasteiger partial charge in [0.1, 0.15) is 5.82 Å². The minimum atomic E-state index is -0.915. The van der Waals surface area contributed by atoms with Crippen molar-refractivity contribution in [3.8, 4) is 0 Å². The number of nitrogens with zero attached hydrogens (tertiary/aromatic N) is 1. The molecule has 2 amide bonds. The van der Waals surface area contributed by atoms with E-state index >= 15 is 0 Å². The number of anilines is 1. The molecule has 0 aliphatic rings. The van der Waals surface area contributed by atoms with E-state index < -0.39 is 12.1 Å². The van der Waals surface area contributed by atoms with Crippen molar-refractivity contribution in [3.63, 3.8) is 0 Å². The molecule has 0 spiro atoms. The number of urea groups is 1. The highest BCUT2D eigenvalue weighted by Crippen LogP contribution is 2.20. The molecule has 1 atom stereocenters. The topological polar surface area (TPSA) is 74.2 Å². The molecule has 0 saturated heterocycles. The van der Waals surface area contributed by atoms with Crippen molar-refractivity contribution in [2.75, 3.05) is 11.9 Å². The van der Waals surface area contributed by atoms with E-state index in [4.69, 9.17) is 0 Å². The van der Waals surface area contributed by atoms with Crippen LogP contribution in [0.1, 0.15) is 11.7 Å². The summed E-state index contributed by atoms with van der Waals surface area (Å²) in [5, 5.41) is 16.2. The highest BCUT2D eigenvalue weighted by atomic mass is 19.1. The Labute approximate surface area is 138 Å². The van der Waals surface area contributed by atoms with Crippen LogP contribution in [0.25, 0.3) is 10.9 Å². The molecule has 1 aromatic heterocycles. The van der Waals surface area contributed by atoms with Gasteiger partial charge >= 0.3 is 6.03 Å². The summed E-state index contributed by atoms with van der Waals surface area (Å²) < 4.78 is 12.9. The summed E-state index contributed by atoms with van der Waals surface area (Å²) in [6, 6.07) is 14.3. The van der Waals surface area contributed by atoms with Crippen molar-refractivity contribution in [2.45, 2.75) is 6.10 Å². The summed E-state index contributed by atoms with van der Waals surface area (Å²) in [4.78, 5) is 16.3. The van der Waals surface area contributed by atoms with E-state index in [1.165, 1.54) is 24.3 Å². The number of nitrogens with one attached hydrogen (secondary N) is 2. The lowest BCUT2D eigenvalue weighted by molar-refractivity contribution is 0.175. The molecular formula is C18H16FN3O2. The predicted octanol–water partition coefficient (Wildman–Crippen LogP) is 3.23. The average Bonchev–Trinajstić information content (AvgIpc) is 2.61. The second-order valence-corrected chi connectivity index (χ2v) is 5.28. The maximum atomic E-state index is 12.9. The Morgan fingerprint density at radius 3 is 2.67 bits per heavy atom. The van der Waals surface area contributed by atoms with E-state index in [-0.39, 0.29) is 12.4 Å². The van der Waals surface area contributed by atoms with Gasteiger partial charge in [0.25, 0.3) is 0 Å². The van der Waals surface area contributed by atoms with Gasteiger partial charge in [-0.25, -0.2) is 9.18 Å². The minimum Gasteiger partial charge on any atom is -0.387 e. The largest absolute Gasteiger partial charge is 0.387 e. The summed E-state index contributed by atoms with van der Waals surface area (Å²) in [5.74, 6) is -0.375. The van der Waals surface area contributed by atoms with Gasteiger partial charge in [-0.15, -0.1) is 0 Å². The zero-order valence-corrected chi connectivity index (χ0v) is 12.7. The van der Waals surface area contributed by atoms with Gasteiger partial charge in [-0.05, 0) is 29.8 Å². The lowest BCUT2D eigenvalue weighted by Gasteiger charge is -2.13. The second-order valence-electron chi connectivity index (χ2n) is 5.28. The molecular weight excluding hydrogens is 309 g/mol. The van der Waals surface area contributed by atoms with Crippen molar-refractivity contribution in [2.24, 2.45) is 0 Å². The molecule has 122 valence electrons. The number of rotatable bonds is 4. The molecule has 3 rings (SSSR count). The average molecular weight is 325 g/mol. The molecule has 1 unspecified atom stereocenters. The number of amides is 2. The van der Waals surface area contributed by atoms with E-state index in [0.717, 1.165) is 5.39 Å². The van der Waals surface area contributed by atoms with Crippen LogP contribution in [0.2, 0.25) is 0 Å². The van der Waals surface area contributed by atoms with Gasteiger partial charge < -0.3 is 15.7 Å². The molecule has 24 heavy (non-hydrogen) atoms. The fourth-order valence-electron chi connectivity index (χ4n) is 2.36. The quantitative estimate of drug-likeness (QED) is 0.689. The monoisotopic (exact) mass is 325 g/mol. The molecule has 3 aromatic rings. The van der Waals surface area contributed by atoms with Crippen molar-refractivity contribution >= 4 is 22.6 Å². The maximum Gasteiger partial charge on any atom is 0.319 e. The highest BCUT2D eigenvalue weighted by molar-refractivity contribution is 5.99. The number of pyridine rings is 1. The Balaban J connectivity index is 1.62. The molecule has 0 radical (unpaired) electrons. The number of hydrogen-bond donors (Lipinski definition) is 3. The van der Waals surface area contributed by atoms with E-state index in [0.29, 0.717) is 16.8 Å². The van der Waals surface area contributed by atoms with Crippen molar-refractivity contribution < 1.29 is 14.3 Å². The molecule has 3 N–H and O–H groups in total. The molecule has 0 aliphatic heterocycles. The van der Waals surface area contributed by atoms with E-state index in [9.17, 15) is 14.3 Å². The van der Waals surface area contributed by atoms with Gasteiger partial charge in [-0.1, -0.05) is 30.3 Å². The van der Waals surface area contributed by atoms with Gasteiger partial charge in [0.05, 0.1) is 17.3 Å². The first-order valence-corrected chi connectivity index (χ1v) is 7.45. The number of para-hydroxylation sites is 1. The number of fused-ring (bicyclic) bond motifs is 1. The molecule has 0 aliphatic carbocycles. The number of aromatic nitrogens is 1. The summed E-state index contributed by atoms with van der Waals surface area (Å²) >= 11 is 0. The van der Waals surface area contributed by atoms with Crippen LogP contribution in [-0.4, -0.2) is 22.7 Å². The highest BCUT2D eigenvalue weighted by Gasteiger charge is 2.11. The van der Waals surface area contributed by atoms with Crippen molar-refractivity contribution in [1.29, 1.82) is 0 Å². The number of aliphatic hydroxyl groups excluding tert-OH is 1. The van der Waals surface area contributed by atoms with Crippen LogP contribution in [0.4, 0.5) is 14.9 Å². The fraction of sp³-hybridized carbons (Fsp3) is 0.111. The van der Waals surface area contributed by atoms with Crippen molar-refractivity contribution in [3.05, 3.63) is 72.2 Å². The number of aliphatic hydroxyl groups is 1. The minimum absolute atomic E-state index is 0.00958. The van der Waals surface area contributed by atoms with E-state index in [1.807, 2.05) is 24.3 Å². The third-order valence-electron chi connectivity index (χ3n) is 3.59. The molecule has 0 saturated carbocycles. The summed E-state index contributed by atoms with van der Waals surface area (Å²) in [6.45, 7) is 0.00958. The number of carbonyl (C=O) groups is 1. The Morgan fingerprint density at radius 2 is 1.88 bits per heavy atom. The Bertz CT molecular complexity index is 847. The lowest BCUT2D eigenvalue weighted by Crippen LogP contribution is -2.32. The maximum absolute atomic E-state index is 12.9. The molecule has 2 aromatic carbocycles. The van der Waals surface area contributed by atoms with Crippen LogP contribution in [-0.2, 0) is 0 Å². The van der Waals surface area contributed by atoms with E-state index in [2.05, 4.69) is 15.6 Å². The fourth-order valence-corrected chi connectivity index (χ4v) is 2.36. The number of benzene rings is 2. The SMILES string of the molecule is O=C(NCC(O)c1ccc(F)cc1)Nc1cccc2cccnc12. The molecule has 0 fully saturated rings. The number of carbonyl (C=O) groups excluding carboxylic acids is 1. The zero-order valence-electron chi connectivity index (χ0n) is 12.7. The van der Waals surface area contributed by atoms with Gasteiger partial charge in [0.15, 0.2) is 0 Å². The van der Waals surface area contributed by atoms with Crippen LogP contribution >= 0.6 is 0 Å². The third-order valence-corrected chi connectivity index (χ3v) is 3.59. The molecule has 6 heteroatoms. The second kappa shape index (κ2) is 7.06. The first-order chi connectivity index (χ1) is 11.6. The van der Waals surface area contributed by atoms with Crippen LogP contribution in [0.3, 0.4) is 0 Å². The van der Waals surface area contributed by atoms with Crippen LogP contribution in [0.5, 0.6) is 0 Å². The number of hydrogen-bond acceptors (Lipinski definition) is 3. The normalized spacial score (nSPS) is 11.9. The zero-order chi connectivity index (χ0) is 16.9. The van der Waals surface area contributed by atoms with Gasteiger partial charge in [-0.3, -0.25) is 4.98 Å². The van der Waals surface area contributed by atoms with Gasteiger partial charge in [-0.2, -0.15) is 0 Å². The summed E-state index contributed by atoms with van der Waals surface area (Å²) in [5.41, 5.74) is 1.81. The smallest absolute Gasteiger partial charge is 0.319 e. The van der Waals surface area contributed by atoms with Crippen molar-refractivity contribution in [1.82, 2.24) is 10.3 Å². The van der Waals surface area contributed by atoms with Crippen LogP contribution < -0.4 is 10.6 Å². The summed E-state index contributed by atoms with van der Waals surface area (Å²) in [6.07, 6.45) is 0.742. The first-order valence-electron chi connectivity index (χ1n) is 7.45. The molecule has 1 heterocycles.